The molecule has 0 N–H and O–H groups in total. The van der Waals surface area contributed by atoms with Gasteiger partial charge in [-0.2, -0.15) is 15.2 Å². The van der Waals surface area contributed by atoms with Crippen molar-refractivity contribution in [1.29, 1.82) is 5.26 Å². The van der Waals surface area contributed by atoms with E-state index in [1.165, 1.54) is 6.07 Å². The second-order valence-electron chi connectivity index (χ2n) is 13.1. The molecule has 5 aromatic rings. The van der Waals surface area contributed by atoms with Crippen molar-refractivity contribution in [2.75, 3.05) is 55.7 Å². The van der Waals surface area contributed by atoms with Gasteiger partial charge in [0.05, 0.1) is 16.5 Å². The number of alkyl halides is 1. The van der Waals surface area contributed by atoms with E-state index in [1.807, 2.05) is 24.0 Å². The fourth-order valence-corrected chi connectivity index (χ4v) is 8.00. The molecule has 250 valence electrons. The molecule has 2 atom stereocenters. The fraction of sp³-hybridized carbons (Fsp3) is 0.378. The maximum absolute atomic E-state index is 16.9. The van der Waals surface area contributed by atoms with Gasteiger partial charge in [0.25, 0.3) is 0 Å². The highest BCUT2D eigenvalue weighted by molar-refractivity contribution is 6.01. The minimum Gasteiger partial charge on any atom is -0.461 e. The lowest BCUT2D eigenvalue weighted by molar-refractivity contribution is 0.107. The normalized spacial score (nSPS) is 21.0. The standard InChI is InChI=1S/C37H35F3N8O/c1-2-26-29(39)10-9-23-6-3-8-27(30(23)26)32-31(40)33-28(20-43-32)35(47-16-14-46(15-17-47)34-24(19-41)7-4-12-42-34)45-36(44-33)49-22-37-11-5-13-48(37)21-25(38)18-37/h3-4,6-10,12,20,25H,2,5,11,13-18,21-22H2,1H3/t25-,37+/m1/s1. The Labute approximate surface area is 282 Å². The van der Waals surface area contributed by atoms with Crippen molar-refractivity contribution < 1.29 is 17.9 Å². The summed E-state index contributed by atoms with van der Waals surface area (Å²) >= 11 is 0. The van der Waals surface area contributed by atoms with Gasteiger partial charge in [0, 0.05) is 57.1 Å². The van der Waals surface area contributed by atoms with Crippen LogP contribution in [0.4, 0.5) is 24.8 Å². The predicted octanol–water partition coefficient (Wildman–Crippen LogP) is 6.23. The lowest BCUT2D eigenvalue weighted by Crippen LogP contribution is -2.47. The van der Waals surface area contributed by atoms with Crippen LogP contribution in [0.2, 0.25) is 0 Å². The van der Waals surface area contributed by atoms with Crippen molar-refractivity contribution in [3.63, 3.8) is 0 Å². The molecule has 6 heterocycles. The number of hydrogen-bond donors (Lipinski definition) is 0. The van der Waals surface area contributed by atoms with E-state index >= 15 is 4.39 Å². The first-order valence-electron chi connectivity index (χ1n) is 16.8. The van der Waals surface area contributed by atoms with Crippen molar-refractivity contribution in [1.82, 2.24) is 24.8 Å². The molecule has 3 fully saturated rings. The summed E-state index contributed by atoms with van der Waals surface area (Å²) < 4.78 is 52.7. The third kappa shape index (κ3) is 5.37. The third-order valence-corrected chi connectivity index (χ3v) is 10.4. The average Bonchev–Trinajstić information content (AvgIpc) is 3.66. The van der Waals surface area contributed by atoms with Gasteiger partial charge in [0.15, 0.2) is 5.82 Å². The van der Waals surface area contributed by atoms with Gasteiger partial charge in [-0.25, -0.2) is 18.2 Å². The van der Waals surface area contributed by atoms with Crippen molar-refractivity contribution in [3.05, 3.63) is 77.6 Å². The molecule has 49 heavy (non-hydrogen) atoms. The fourth-order valence-electron chi connectivity index (χ4n) is 8.00. The summed E-state index contributed by atoms with van der Waals surface area (Å²) in [5, 5.41) is 11.4. The van der Waals surface area contributed by atoms with E-state index in [0.29, 0.717) is 84.7 Å². The van der Waals surface area contributed by atoms with E-state index in [9.17, 15) is 14.0 Å². The molecule has 3 aliphatic rings. The Bertz CT molecular complexity index is 2110. The number of pyridine rings is 2. The number of aryl methyl sites for hydroxylation is 1. The van der Waals surface area contributed by atoms with Crippen LogP contribution in [0.25, 0.3) is 32.9 Å². The number of anilines is 2. The molecular formula is C37H35F3N8O. The van der Waals surface area contributed by atoms with Crippen LogP contribution in [-0.4, -0.2) is 82.4 Å². The summed E-state index contributed by atoms with van der Waals surface area (Å²) in [6.45, 7) is 5.41. The number of fused-ring (bicyclic) bond motifs is 3. The molecular weight excluding hydrogens is 629 g/mol. The van der Waals surface area contributed by atoms with Gasteiger partial charge in [0.1, 0.15) is 47.5 Å². The molecule has 0 aliphatic carbocycles. The quantitative estimate of drug-likeness (QED) is 0.201. The largest absolute Gasteiger partial charge is 0.461 e. The van der Waals surface area contributed by atoms with Gasteiger partial charge in [0.2, 0.25) is 0 Å². The molecule has 9 nitrogen and oxygen atoms in total. The van der Waals surface area contributed by atoms with Crippen LogP contribution in [-0.2, 0) is 6.42 Å². The molecule has 2 aromatic carbocycles. The Morgan fingerprint density at radius 1 is 0.980 bits per heavy atom. The molecule has 8 rings (SSSR count). The van der Waals surface area contributed by atoms with Gasteiger partial charge in [-0.05, 0) is 60.3 Å². The zero-order chi connectivity index (χ0) is 33.7. The first kappa shape index (κ1) is 31.3. The molecule has 0 spiro atoms. The number of piperazine rings is 1. The molecule has 0 bridgehead atoms. The summed E-state index contributed by atoms with van der Waals surface area (Å²) in [5.74, 6) is 0.104. The number of nitriles is 1. The van der Waals surface area contributed by atoms with Crippen molar-refractivity contribution in [2.45, 2.75) is 44.3 Å². The van der Waals surface area contributed by atoms with E-state index in [1.54, 1.807) is 36.7 Å². The van der Waals surface area contributed by atoms with E-state index in [-0.39, 0.29) is 29.6 Å². The molecule has 3 saturated heterocycles. The van der Waals surface area contributed by atoms with Crippen LogP contribution in [0.1, 0.15) is 37.3 Å². The minimum absolute atomic E-state index is 0.0132. The van der Waals surface area contributed by atoms with E-state index in [4.69, 9.17) is 9.72 Å². The maximum atomic E-state index is 16.9. The van der Waals surface area contributed by atoms with Gasteiger partial charge in [-0.3, -0.25) is 9.88 Å². The first-order valence-corrected chi connectivity index (χ1v) is 16.8. The van der Waals surface area contributed by atoms with Crippen molar-refractivity contribution in [3.8, 4) is 23.3 Å². The monoisotopic (exact) mass is 664 g/mol. The zero-order valence-electron chi connectivity index (χ0n) is 27.2. The van der Waals surface area contributed by atoms with Crippen LogP contribution < -0.4 is 14.5 Å². The van der Waals surface area contributed by atoms with Crippen LogP contribution in [0, 0.1) is 23.0 Å². The van der Waals surface area contributed by atoms with Crippen LogP contribution >= 0.6 is 0 Å². The lowest BCUT2D eigenvalue weighted by Gasteiger charge is -2.36. The second-order valence-corrected chi connectivity index (χ2v) is 13.1. The minimum atomic E-state index is -0.918. The maximum Gasteiger partial charge on any atom is 0.319 e. The Hall–Kier alpha value is -5.02. The highest BCUT2D eigenvalue weighted by Crippen LogP contribution is 2.41. The molecule has 0 radical (unpaired) electrons. The van der Waals surface area contributed by atoms with Crippen LogP contribution in [0.15, 0.2) is 54.9 Å². The van der Waals surface area contributed by atoms with Crippen LogP contribution in [0.5, 0.6) is 6.01 Å². The summed E-state index contributed by atoms with van der Waals surface area (Å²) in [5.41, 5.74) is 1.15. The summed E-state index contributed by atoms with van der Waals surface area (Å²) in [7, 11) is 0. The first-order chi connectivity index (χ1) is 23.9. The lowest BCUT2D eigenvalue weighted by atomic mass is 9.95. The summed E-state index contributed by atoms with van der Waals surface area (Å²) in [6.07, 6.45) is 4.92. The van der Waals surface area contributed by atoms with Gasteiger partial charge >= 0.3 is 6.01 Å². The predicted molar refractivity (Wildman–Crippen MR) is 181 cm³/mol. The van der Waals surface area contributed by atoms with E-state index < -0.39 is 17.5 Å². The third-order valence-electron chi connectivity index (χ3n) is 10.4. The Kier molecular flexibility index (Phi) is 7.95. The molecule has 3 aliphatic heterocycles. The van der Waals surface area contributed by atoms with Gasteiger partial charge in [-0.1, -0.05) is 31.2 Å². The van der Waals surface area contributed by atoms with Crippen molar-refractivity contribution >= 4 is 33.3 Å². The van der Waals surface area contributed by atoms with Crippen LogP contribution in [0.3, 0.4) is 0 Å². The summed E-state index contributed by atoms with van der Waals surface area (Å²) in [4.78, 5) is 24.7. The summed E-state index contributed by atoms with van der Waals surface area (Å²) in [6, 6.07) is 14.3. The molecule has 0 unspecified atom stereocenters. The number of benzene rings is 2. The number of ether oxygens (including phenoxy) is 1. The van der Waals surface area contributed by atoms with Gasteiger partial charge < -0.3 is 14.5 Å². The topological polar surface area (TPSA) is 94.3 Å². The van der Waals surface area contributed by atoms with Crippen molar-refractivity contribution in [2.24, 2.45) is 0 Å². The molecule has 0 amide bonds. The second kappa shape index (κ2) is 12.5. The molecule has 12 heteroatoms. The van der Waals surface area contributed by atoms with E-state index in [0.717, 1.165) is 24.8 Å². The number of rotatable bonds is 7. The molecule has 0 saturated carbocycles. The highest BCUT2D eigenvalue weighted by atomic mass is 19.1. The molecule has 3 aromatic heterocycles. The van der Waals surface area contributed by atoms with Gasteiger partial charge in [-0.15, -0.1) is 0 Å². The Balaban J connectivity index is 1.20. The number of halogens is 3. The number of nitrogens with zero attached hydrogens (tertiary/aromatic N) is 8. The van der Waals surface area contributed by atoms with E-state index in [2.05, 4.69) is 30.8 Å². The number of hydrogen-bond acceptors (Lipinski definition) is 9. The Morgan fingerprint density at radius 3 is 2.59 bits per heavy atom. The number of aromatic nitrogens is 4. The SMILES string of the molecule is CCc1c(F)ccc2cccc(-c3ncc4c(N5CCN(c6ncccc6C#N)CC5)nc(OC[C@@]56CCCN5C[C@H](F)C6)nc4c3F)c12. The average molecular weight is 665 g/mol. The Morgan fingerprint density at radius 2 is 1.80 bits per heavy atom. The zero-order valence-corrected chi connectivity index (χ0v) is 27.2. The smallest absolute Gasteiger partial charge is 0.319 e. The highest BCUT2D eigenvalue weighted by Gasteiger charge is 2.49.